The number of fused-ring (bicyclic) bond motifs is 2. The van der Waals surface area contributed by atoms with E-state index in [1.54, 1.807) is 24.3 Å². The van der Waals surface area contributed by atoms with Crippen molar-refractivity contribution >= 4 is 17.5 Å². The van der Waals surface area contributed by atoms with Gasteiger partial charge >= 0.3 is 0 Å². The van der Waals surface area contributed by atoms with Crippen LogP contribution < -0.4 is 15.8 Å². The fourth-order valence-electron chi connectivity index (χ4n) is 3.17. The van der Waals surface area contributed by atoms with Crippen molar-refractivity contribution in [2.45, 2.75) is 31.3 Å². The summed E-state index contributed by atoms with van der Waals surface area (Å²) in [6, 6.07) is 7.44. The fourth-order valence-corrected chi connectivity index (χ4v) is 3.30. The molecule has 0 radical (unpaired) electrons. The van der Waals surface area contributed by atoms with E-state index >= 15 is 0 Å². The summed E-state index contributed by atoms with van der Waals surface area (Å²) in [7, 11) is 0. The Labute approximate surface area is 123 Å². The van der Waals surface area contributed by atoms with Crippen LogP contribution in [-0.2, 0) is 4.79 Å². The van der Waals surface area contributed by atoms with Gasteiger partial charge in [-0.3, -0.25) is 4.79 Å². The molecule has 1 aromatic rings. The van der Waals surface area contributed by atoms with E-state index in [2.05, 4.69) is 5.32 Å². The molecule has 3 saturated carbocycles. The molecule has 0 saturated heterocycles. The number of nitrogens with two attached hydrogens (primary N) is 1. The third kappa shape index (κ3) is 2.91. The largest absolute Gasteiger partial charge is 0.484 e. The van der Waals surface area contributed by atoms with Gasteiger partial charge in [0.05, 0.1) is 0 Å². The van der Waals surface area contributed by atoms with E-state index in [9.17, 15) is 4.79 Å². The third-order valence-electron chi connectivity index (χ3n) is 4.44. The zero-order chi connectivity index (χ0) is 14.1. The van der Waals surface area contributed by atoms with Crippen molar-refractivity contribution in [3.63, 3.8) is 0 Å². The maximum atomic E-state index is 11.9. The number of carbonyl (C=O) groups excluding carboxylic acids is 1. The second kappa shape index (κ2) is 5.62. The highest BCUT2D eigenvalue weighted by atomic mass is 35.5. The molecule has 3 fully saturated rings. The number of nitrogens with one attached hydrogen (secondary N) is 1. The van der Waals surface area contributed by atoms with Crippen LogP contribution in [0.25, 0.3) is 0 Å². The van der Waals surface area contributed by atoms with Gasteiger partial charge in [0.25, 0.3) is 5.91 Å². The second-order valence-electron chi connectivity index (χ2n) is 5.81. The Morgan fingerprint density at radius 3 is 2.60 bits per heavy atom. The highest BCUT2D eigenvalue weighted by Gasteiger charge is 2.44. The third-order valence-corrected chi connectivity index (χ3v) is 4.69. The molecule has 0 spiro atoms. The van der Waals surface area contributed by atoms with Gasteiger partial charge in [0.2, 0.25) is 0 Å². The number of carbonyl (C=O) groups is 1. The molecular weight excluding hydrogens is 276 g/mol. The number of ether oxygens (including phenoxy) is 1. The van der Waals surface area contributed by atoms with Gasteiger partial charge < -0.3 is 15.8 Å². The predicted molar refractivity (Wildman–Crippen MR) is 77.7 cm³/mol. The fraction of sp³-hybridized carbons (Fsp3) is 0.533. The Morgan fingerprint density at radius 2 is 1.95 bits per heavy atom. The van der Waals surface area contributed by atoms with Crippen molar-refractivity contribution < 1.29 is 9.53 Å². The van der Waals surface area contributed by atoms with Gasteiger partial charge in [-0.25, -0.2) is 0 Å². The average molecular weight is 295 g/mol. The highest BCUT2D eigenvalue weighted by molar-refractivity contribution is 6.30. The van der Waals surface area contributed by atoms with Crippen molar-refractivity contribution in [2.75, 3.05) is 6.61 Å². The first kappa shape index (κ1) is 13.7. The van der Waals surface area contributed by atoms with E-state index in [0.717, 1.165) is 19.3 Å². The molecule has 4 rings (SSSR count). The Hall–Kier alpha value is -1.26. The summed E-state index contributed by atoms with van der Waals surface area (Å²) in [5.74, 6) is 1.86. The number of amides is 1. The zero-order valence-corrected chi connectivity index (χ0v) is 12.0. The molecule has 108 valence electrons. The zero-order valence-electron chi connectivity index (χ0n) is 11.2. The van der Waals surface area contributed by atoms with Crippen LogP contribution in [0.4, 0.5) is 0 Å². The molecule has 1 amide bonds. The topological polar surface area (TPSA) is 64.3 Å². The Morgan fingerprint density at radius 1 is 1.25 bits per heavy atom. The molecule has 0 heterocycles. The standard InChI is InChI=1S/C15H19ClN2O2/c16-11-1-3-12(4-2-11)20-8-15(19)18-14-7-13(17)9-5-10(14)6-9/h1-4,9-10,13-14H,5-8,17H2,(H,18,19)/t9?,10?,13-,14+/m0/s1. The summed E-state index contributed by atoms with van der Waals surface area (Å²) >= 11 is 5.79. The van der Waals surface area contributed by atoms with Gasteiger partial charge in [-0.05, 0) is 55.4 Å². The highest BCUT2D eigenvalue weighted by Crippen LogP contribution is 2.44. The number of halogens is 1. The van der Waals surface area contributed by atoms with Gasteiger partial charge in [-0.15, -0.1) is 0 Å². The lowest BCUT2D eigenvalue weighted by Gasteiger charge is -2.50. The van der Waals surface area contributed by atoms with Crippen LogP contribution in [0.15, 0.2) is 24.3 Å². The molecule has 0 aromatic heterocycles. The van der Waals surface area contributed by atoms with Crippen molar-refractivity contribution in [1.82, 2.24) is 5.32 Å². The minimum absolute atomic E-state index is 0.0313. The van der Waals surface area contributed by atoms with Crippen LogP contribution in [-0.4, -0.2) is 24.6 Å². The molecule has 0 aliphatic heterocycles. The van der Waals surface area contributed by atoms with Crippen LogP contribution in [0.5, 0.6) is 5.75 Å². The molecule has 3 aliphatic carbocycles. The van der Waals surface area contributed by atoms with Crippen molar-refractivity contribution in [3.8, 4) is 5.75 Å². The Bertz CT molecular complexity index is 485. The number of hydrogen-bond donors (Lipinski definition) is 2. The molecule has 4 nitrogen and oxygen atoms in total. The Kier molecular flexibility index (Phi) is 3.85. The smallest absolute Gasteiger partial charge is 0.258 e. The maximum Gasteiger partial charge on any atom is 0.258 e. The molecule has 0 unspecified atom stereocenters. The van der Waals surface area contributed by atoms with Crippen molar-refractivity contribution in [2.24, 2.45) is 17.6 Å². The number of hydrogen-bond acceptors (Lipinski definition) is 3. The maximum absolute atomic E-state index is 11.9. The van der Waals surface area contributed by atoms with Crippen LogP contribution in [0.3, 0.4) is 0 Å². The summed E-state index contributed by atoms with van der Waals surface area (Å²) in [6.45, 7) is 0.0313. The summed E-state index contributed by atoms with van der Waals surface area (Å²) < 4.78 is 5.44. The second-order valence-corrected chi connectivity index (χ2v) is 6.24. The van der Waals surface area contributed by atoms with Gasteiger partial charge in [0.1, 0.15) is 5.75 Å². The van der Waals surface area contributed by atoms with Crippen LogP contribution in [0.1, 0.15) is 19.3 Å². The minimum Gasteiger partial charge on any atom is -0.484 e. The average Bonchev–Trinajstić information content (AvgIpc) is 2.36. The molecule has 20 heavy (non-hydrogen) atoms. The van der Waals surface area contributed by atoms with E-state index < -0.39 is 0 Å². The Balaban J connectivity index is 1.46. The molecule has 3 aliphatic rings. The van der Waals surface area contributed by atoms with Gasteiger partial charge in [0, 0.05) is 17.1 Å². The van der Waals surface area contributed by atoms with Crippen molar-refractivity contribution in [1.29, 1.82) is 0 Å². The molecular formula is C15H19ClN2O2. The van der Waals surface area contributed by atoms with Gasteiger partial charge in [-0.1, -0.05) is 11.6 Å². The van der Waals surface area contributed by atoms with Gasteiger partial charge in [0.15, 0.2) is 6.61 Å². The van der Waals surface area contributed by atoms with E-state index in [1.165, 1.54) is 0 Å². The lowest BCUT2D eigenvalue weighted by Crippen LogP contribution is -2.58. The van der Waals surface area contributed by atoms with Crippen LogP contribution in [0, 0.1) is 11.8 Å². The molecule has 5 heteroatoms. The summed E-state index contributed by atoms with van der Waals surface area (Å²) in [4.78, 5) is 11.9. The first-order valence-corrected chi connectivity index (χ1v) is 7.43. The lowest BCUT2D eigenvalue weighted by atomic mass is 9.60. The summed E-state index contributed by atoms with van der Waals surface area (Å²) in [6.07, 6.45) is 3.20. The van der Waals surface area contributed by atoms with E-state index in [-0.39, 0.29) is 24.6 Å². The normalized spacial score (nSPS) is 31.3. The summed E-state index contributed by atoms with van der Waals surface area (Å²) in [5, 5.41) is 3.70. The van der Waals surface area contributed by atoms with Crippen LogP contribution in [0.2, 0.25) is 5.02 Å². The quantitative estimate of drug-likeness (QED) is 0.892. The number of benzene rings is 1. The number of rotatable bonds is 4. The van der Waals surface area contributed by atoms with Crippen LogP contribution >= 0.6 is 11.6 Å². The monoisotopic (exact) mass is 294 g/mol. The predicted octanol–water partition coefficient (Wildman–Crippen LogP) is 1.96. The van der Waals surface area contributed by atoms with Gasteiger partial charge in [-0.2, -0.15) is 0 Å². The SMILES string of the molecule is N[C@H]1C[C@@H](NC(=O)COc2ccc(Cl)cc2)C2CC1C2. The molecule has 3 N–H and O–H groups in total. The molecule has 2 bridgehead atoms. The van der Waals surface area contributed by atoms with E-state index in [1.807, 2.05) is 0 Å². The minimum atomic E-state index is -0.0810. The summed E-state index contributed by atoms with van der Waals surface area (Å²) in [5.41, 5.74) is 6.07. The first-order chi connectivity index (χ1) is 9.61. The van der Waals surface area contributed by atoms with E-state index in [0.29, 0.717) is 22.6 Å². The molecule has 2 atom stereocenters. The van der Waals surface area contributed by atoms with E-state index in [4.69, 9.17) is 22.1 Å². The molecule has 1 aromatic carbocycles. The van der Waals surface area contributed by atoms with Crippen molar-refractivity contribution in [3.05, 3.63) is 29.3 Å². The first-order valence-electron chi connectivity index (χ1n) is 7.05. The lowest BCUT2D eigenvalue weighted by molar-refractivity contribution is -0.125.